The molecular weight excluding hydrogens is 228 g/mol. The van der Waals surface area contributed by atoms with Gasteiger partial charge in [0.2, 0.25) is 5.91 Å². The number of likely N-dealkylation sites (tertiary alicyclic amines) is 1. The van der Waals surface area contributed by atoms with Gasteiger partial charge in [-0.2, -0.15) is 0 Å². The van der Waals surface area contributed by atoms with Crippen molar-refractivity contribution in [2.24, 2.45) is 23.5 Å². The normalized spacial score (nSPS) is 49.9. The maximum absolute atomic E-state index is 12.5. The molecule has 4 nitrogen and oxygen atoms in total. The molecule has 18 heavy (non-hydrogen) atoms. The molecule has 3 aliphatic heterocycles. The van der Waals surface area contributed by atoms with Gasteiger partial charge in [-0.15, -0.1) is 0 Å². The molecule has 4 rings (SSSR count). The van der Waals surface area contributed by atoms with Gasteiger partial charge in [0.05, 0.1) is 12.2 Å². The van der Waals surface area contributed by atoms with Crippen molar-refractivity contribution in [2.45, 2.75) is 50.4 Å². The predicted molar refractivity (Wildman–Crippen MR) is 66.8 cm³/mol. The summed E-state index contributed by atoms with van der Waals surface area (Å²) in [6.07, 6.45) is 6.23. The molecule has 2 bridgehead atoms. The number of ether oxygens (including phenoxy) is 1. The minimum Gasteiger partial charge on any atom is -0.374 e. The third kappa shape index (κ3) is 1.55. The molecular formula is C14H22N2O2. The number of amides is 1. The molecule has 0 aromatic rings. The molecule has 1 saturated carbocycles. The Morgan fingerprint density at radius 2 is 1.72 bits per heavy atom. The average Bonchev–Trinajstić information content (AvgIpc) is 3.09. The van der Waals surface area contributed by atoms with E-state index in [4.69, 9.17) is 10.5 Å². The number of hydrogen-bond acceptors (Lipinski definition) is 3. The molecule has 0 radical (unpaired) electrons. The Hall–Kier alpha value is -0.610. The van der Waals surface area contributed by atoms with Gasteiger partial charge in [-0.3, -0.25) is 4.79 Å². The van der Waals surface area contributed by atoms with Crippen LogP contribution in [0.2, 0.25) is 0 Å². The second-order valence-corrected chi connectivity index (χ2v) is 6.63. The molecule has 0 aromatic heterocycles. The quantitative estimate of drug-likeness (QED) is 0.747. The second-order valence-electron chi connectivity index (χ2n) is 6.63. The van der Waals surface area contributed by atoms with Crippen LogP contribution in [0.1, 0.15) is 32.1 Å². The van der Waals surface area contributed by atoms with Crippen LogP contribution in [0.5, 0.6) is 0 Å². The first-order chi connectivity index (χ1) is 8.72. The molecule has 0 spiro atoms. The Bertz CT molecular complexity index is 355. The van der Waals surface area contributed by atoms with Crippen molar-refractivity contribution in [3.05, 3.63) is 0 Å². The Morgan fingerprint density at radius 1 is 1.06 bits per heavy atom. The smallest absolute Gasteiger partial charge is 0.225 e. The van der Waals surface area contributed by atoms with E-state index in [1.165, 1.54) is 12.8 Å². The molecule has 1 aliphatic carbocycles. The molecule has 4 heteroatoms. The molecule has 2 N–H and O–H groups in total. The van der Waals surface area contributed by atoms with Crippen molar-refractivity contribution in [1.82, 2.24) is 4.90 Å². The third-order valence-electron chi connectivity index (χ3n) is 5.59. The second kappa shape index (κ2) is 3.94. The van der Waals surface area contributed by atoms with E-state index in [2.05, 4.69) is 4.90 Å². The Labute approximate surface area is 108 Å². The first-order valence-corrected chi connectivity index (χ1v) is 7.42. The highest BCUT2D eigenvalue weighted by molar-refractivity contribution is 5.79. The van der Waals surface area contributed by atoms with Crippen LogP contribution < -0.4 is 5.73 Å². The van der Waals surface area contributed by atoms with Gasteiger partial charge in [0.1, 0.15) is 0 Å². The van der Waals surface area contributed by atoms with E-state index in [0.29, 0.717) is 30.0 Å². The zero-order chi connectivity index (χ0) is 12.3. The van der Waals surface area contributed by atoms with Crippen LogP contribution in [0.4, 0.5) is 0 Å². The lowest BCUT2D eigenvalue weighted by molar-refractivity contribution is -0.135. The van der Waals surface area contributed by atoms with Crippen LogP contribution in [0, 0.1) is 17.8 Å². The topological polar surface area (TPSA) is 55.6 Å². The standard InChI is InChI=1S/C14H22N2O2/c15-9-2-1-8(5-9)14(17)16-6-10-11(7-16)13-4-3-12(10)18-13/h8-13H,1-7,15H2. The fraction of sp³-hybridized carbons (Fsp3) is 0.929. The van der Waals surface area contributed by atoms with E-state index in [1.54, 1.807) is 0 Å². The first-order valence-electron chi connectivity index (χ1n) is 7.42. The van der Waals surface area contributed by atoms with E-state index >= 15 is 0 Å². The van der Waals surface area contributed by atoms with E-state index in [0.717, 1.165) is 32.4 Å². The van der Waals surface area contributed by atoms with Gasteiger partial charge in [0.25, 0.3) is 0 Å². The SMILES string of the molecule is NC1CCC(C(=O)N2CC3C4CCC(O4)C3C2)C1. The number of nitrogens with two attached hydrogens (primary N) is 1. The summed E-state index contributed by atoms with van der Waals surface area (Å²) in [6, 6.07) is 0.251. The zero-order valence-corrected chi connectivity index (χ0v) is 10.8. The fourth-order valence-corrected chi connectivity index (χ4v) is 4.64. The van der Waals surface area contributed by atoms with Crippen LogP contribution in [-0.2, 0) is 9.53 Å². The maximum Gasteiger partial charge on any atom is 0.225 e. The summed E-state index contributed by atoms with van der Waals surface area (Å²) >= 11 is 0. The van der Waals surface area contributed by atoms with Crippen LogP contribution in [0.25, 0.3) is 0 Å². The van der Waals surface area contributed by atoms with E-state index in [-0.39, 0.29) is 12.0 Å². The van der Waals surface area contributed by atoms with E-state index in [1.807, 2.05) is 0 Å². The predicted octanol–water partition coefficient (Wildman–Crippen LogP) is 0.750. The molecule has 4 fully saturated rings. The Balaban J connectivity index is 1.44. The third-order valence-corrected chi connectivity index (χ3v) is 5.59. The molecule has 3 heterocycles. The van der Waals surface area contributed by atoms with Crippen LogP contribution in [0.15, 0.2) is 0 Å². The molecule has 6 unspecified atom stereocenters. The highest BCUT2D eigenvalue weighted by atomic mass is 16.5. The number of nitrogens with zero attached hydrogens (tertiary/aromatic N) is 1. The Kier molecular flexibility index (Phi) is 2.46. The average molecular weight is 250 g/mol. The monoisotopic (exact) mass is 250 g/mol. The Morgan fingerprint density at radius 3 is 2.28 bits per heavy atom. The number of carbonyl (C=O) groups is 1. The van der Waals surface area contributed by atoms with Crippen molar-refractivity contribution >= 4 is 5.91 Å². The van der Waals surface area contributed by atoms with Gasteiger partial charge in [0.15, 0.2) is 0 Å². The molecule has 0 aromatic carbocycles. The number of carbonyl (C=O) groups excluding carboxylic acids is 1. The minimum atomic E-state index is 0.206. The van der Waals surface area contributed by atoms with Gasteiger partial charge < -0.3 is 15.4 Å². The summed E-state index contributed by atoms with van der Waals surface area (Å²) in [5.41, 5.74) is 5.92. The molecule has 4 aliphatic rings. The lowest BCUT2D eigenvalue weighted by Gasteiger charge is -2.22. The van der Waals surface area contributed by atoms with Crippen molar-refractivity contribution < 1.29 is 9.53 Å². The van der Waals surface area contributed by atoms with E-state index in [9.17, 15) is 4.79 Å². The summed E-state index contributed by atoms with van der Waals surface area (Å²) in [5, 5.41) is 0. The van der Waals surface area contributed by atoms with Gasteiger partial charge in [-0.25, -0.2) is 0 Å². The van der Waals surface area contributed by atoms with Gasteiger partial charge in [-0.05, 0) is 32.1 Å². The van der Waals surface area contributed by atoms with Gasteiger partial charge in [-0.1, -0.05) is 0 Å². The molecule has 3 saturated heterocycles. The van der Waals surface area contributed by atoms with Gasteiger partial charge >= 0.3 is 0 Å². The zero-order valence-electron chi connectivity index (χ0n) is 10.8. The van der Waals surface area contributed by atoms with Crippen LogP contribution in [-0.4, -0.2) is 42.1 Å². The number of hydrogen-bond donors (Lipinski definition) is 1. The molecule has 6 atom stereocenters. The first kappa shape index (κ1) is 11.2. The summed E-state index contributed by atoms with van der Waals surface area (Å²) < 4.78 is 5.95. The lowest BCUT2D eigenvalue weighted by atomic mass is 9.82. The summed E-state index contributed by atoms with van der Waals surface area (Å²) in [7, 11) is 0. The summed E-state index contributed by atoms with van der Waals surface area (Å²) in [6.45, 7) is 1.88. The van der Waals surface area contributed by atoms with Crippen molar-refractivity contribution in [3.8, 4) is 0 Å². The highest BCUT2D eigenvalue weighted by Crippen LogP contribution is 2.47. The largest absolute Gasteiger partial charge is 0.374 e. The fourth-order valence-electron chi connectivity index (χ4n) is 4.64. The summed E-state index contributed by atoms with van der Waals surface area (Å²) in [5.74, 6) is 1.83. The lowest BCUT2D eigenvalue weighted by Crippen LogP contribution is -2.36. The van der Waals surface area contributed by atoms with Crippen molar-refractivity contribution in [3.63, 3.8) is 0 Å². The van der Waals surface area contributed by atoms with Gasteiger partial charge in [0, 0.05) is 36.9 Å². The van der Waals surface area contributed by atoms with Crippen LogP contribution >= 0.6 is 0 Å². The van der Waals surface area contributed by atoms with Crippen molar-refractivity contribution in [1.29, 1.82) is 0 Å². The molecule has 1 amide bonds. The highest BCUT2D eigenvalue weighted by Gasteiger charge is 2.54. The number of rotatable bonds is 1. The molecule has 100 valence electrons. The van der Waals surface area contributed by atoms with Crippen LogP contribution in [0.3, 0.4) is 0 Å². The van der Waals surface area contributed by atoms with Crippen molar-refractivity contribution in [2.75, 3.05) is 13.1 Å². The number of fused-ring (bicyclic) bond motifs is 5. The van der Waals surface area contributed by atoms with E-state index < -0.39 is 0 Å². The minimum absolute atomic E-state index is 0.206. The maximum atomic E-state index is 12.5. The summed E-state index contributed by atoms with van der Waals surface area (Å²) in [4.78, 5) is 14.6.